The zero-order valence-electron chi connectivity index (χ0n) is 11.9. The molecular formula is C12H18O7P+. The van der Waals surface area contributed by atoms with Crippen LogP contribution in [-0.2, 0) is 32.7 Å². The third-order valence-corrected chi connectivity index (χ3v) is 2.65. The molecule has 0 amide bonds. The summed E-state index contributed by atoms with van der Waals surface area (Å²) in [6.07, 6.45) is -2.18. The second-order valence-electron chi connectivity index (χ2n) is 3.94. The van der Waals surface area contributed by atoms with E-state index in [2.05, 4.69) is 13.2 Å². The summed E-state index contributed by atoms with van der Waals surface area (Å²) in [5.74, 6) is -1.36. The van der Waals surface area contributed by atoms with Crippen LogP contribution in [0.1, 0.15) is 27.7 Å². The summed E-state index contributed by atoms with van der Waals surface area (Å²) in [6, 6.07) is 0. The lowest BCUT2D eigenvalue weighted by atomic mass is 10.4. The smallest absolute Gasteiger partial charge is 0.428 e. The van der Waals surface area contributed by atoms with E-state index in [9.17, 15) is 14.2 Å². The van der Waals surface area contributed by atoms with Crippen LogP contribution in [0.2, 0.25) is 0 Å². The first kappa shape index (κ1) is 18.4. The fraction of sp³-hybridized carbons (Fsp3) is 0.500. The van der Waals surface area contributed by atoms with Crippen molar-refractivity contribution in [2.75, 3.05) is 0 Å². The molecule has 7 nitrogen and oxygen atoms in total. The molecular weight excluding hydrogens is 287 g/mol. The number of hydrogen-bond donors (Lipinski definition) is 0. The van der Waals surface area contributed by atoms with Crippen LogP contribution in [0.25, 0.3) is 0 Å². The molecule has 0 saturated heterocycles. The molecule has 0 spiro atoms. The summed E-state index contributed by atoms with van der Waals surface area (Å²) in [5, 5.41) is 0. The molecule has 0 fully saturated rings. The van der Waals surface area contributed by atoms with Crippen LogP contribution in [-0.4, -0.2) is 24.5 Å². The van der Waals surface area contributed by atoms with E-state index in [-0.39, 0.29) is 11.1 Å². The molecule has 8 heteroatoms. The van der Waals surface area contributed by atoms with Gasteiger partial charge in [0.15, 0.2) is 0 Å². The Bertz CT molecular complexity index is 392. The molecule has 2 unspecified atom stereocenters. The molecule has 0 radical (unpaired) electrons. The molecule has 2 atom stereocenters. The van der Waals surface area contributed by atoms with E-state index < -0.39 is 32.8 Å². The molecule has 0 aliphatic carbocycles. The van der Waals surface area contributed by atoms with Crippen LogP contribution in [0.4, 0.5) is 0 Å². The van der Waals surface area contributed by atoms with Gasteiger partial charge in [-0.05, 0) is 13.8 Å². The molecule has 0 aromatic rings. The zero-order valence-corrected chi connectivity index (χ0v) is 12.8. The highest BCUT2D eigenvalue weighted by atomic mass is 31.1. The maximum Gasteiger partial charge on any atom is 0.705 e. The minimum Gasteiger partial charge on any atom is -0.428 e. The molecule has 112 valence electrons. The number of rotatable bonds is 8. The number of carbonyl (C=O) groups is 2. The monoisotopic (exact) mass is 305 g/mol. The molecule has 0 aliphatic rings. The van der Waals surface area contributed by atoms with E-state index >= 15 is 0 Å². The van der Waals surface area contributed by atoms with Crippen LogP contribution in [0.15, 0.2) is 24.3 Å². The minimum absolute atomic E-state index is 0.181. The van der Waals surface area contributed by atoms with Gasteiger partial charge in [0.25, 0.3) is 12.6 Å². The molecule has 0 aromatic carbocycles. The van der Waals surface area contributed by atoms with E-state index in [0.717, 1.165) is 0 Å². The van der Waals surface area contributed by atoms with Crippen molar-refractivity contribution in [1.29, 1.82) is 0 Å². The Morgan fingerprint density at radius 1 is 0.900 bits per heavy atom. The molecule has 0 aromatic heterocycles. The first-order chi connectivity index (χ1) is 9.13. The predicted molar refractivity (Wildman–Crippen MR) is 70.5 cm³/mol. The third kappa shape index (κ3) is 7.78. The molecule has 0 rings (SSSR count). The van der Waals surface area contributed by atoms with Gasteiger partial charge in [-0.1, -0.05) is 22.2 Å². The largest absolute Gasteiger partial charge is 0.705 e. The predicted octanol–water partition coefficient (Wildman–Crippen LogP) is 2.61. The summed E-state index contributed by atoms with van der Waals surface area (Å²) in [7, 11) is -2.62. The van der Waals surface area contributed by atoms with E-state index in [1.807, 2.05) is 0 Å². The standard InChI is InChI=1S/C12H18O7P/c1-7(2)11(13)16-9(5)18-20(15)19-10(6)17-12(14)8(3)4/h9-10H,1,3H2,2,4-6H3/q+1. The van der Waals surface area contributed by atoms with Crippen molar-refractivity contribution in [3.05, 3.63) is 24.3 Å². The highest BCUT2D eigenvalue weighted by Gasteiger charge is 2.31. The average Bonchev–Trinajstić information content (AvgIpc) is 2.27. The minimum atomic E-state index is -2.62. The normalized spacial score (nSPS) is 13.9. The summed E-state index contributed by atoms with van der Waals surface area (Å²) in [5.41, 5.74) is 0.362. The first-order valence-electron chi connectivity index (χ1n) is 5.67. The van der Waals surface area contributed by atoms with Crippen molar-refractivity contribution in [1.82, 2.24) is 0 Å². The Labute approximate surface area is 118 Å². The van der Waals surface area contributed by atoms with E-state index in [1.54, 1.807) is 0 Å². The van der Waals surface area contributed by atoms with E-state index in [0.29, 0.717) is 0 Å². The Balaban J connectivity index is 4.16. The second kappa shape index (κ2) is 8.58. The van der Waals surface area contributed by atoms with Crippen LogP contribution in [0, 0.1) is 0 Å². The molecule has 0 aliphatic heterocycles. The lowest BCUT2D eigenvalue weighted by molar-refractivity contribution is -0.161. The van der Waals surface area contributed by atoms with Crippen LogP contribution < -0.4 is 0 Å². The molecule has 0 heterocycles. The number of ether oxygens (including phenoxy) is 2. The van der Waals surface area contributed by atoms with Gasteiger partial charge in [-0.2, -0.15) is 0 Å². The molecule has 0 N–H and O–H groups in total. The third-order valence-electron chi connectivity index (χ3n) is 1.71. The van der Waals surface area contributed by atoms with Gasteiger partial charge in [-0.15, -0.1) is 0 Å². The lowest BCUT2D eigenvalue weighted by Crippen LogP contribution is -2.19. The Kier molecular flexibility index (Phi) is 7.91. The van der Waals surface area contributed by atoms with Crippen molar-refractivity contribution >= 4 is 20.2 Å². The fourth-order valence-electron chi connectivity index (χ4n) is 0.813. The van der Waals surface area contributed by atoms with Crippen molar-refractivity contribution < 1.29 is 32.7 Å². The topological polar surface area (TPSA) is 88.1 Å². The van der Waals surface area contributed by atoms with Gasteiger partial charge in [0.2, 0.25) is 0 Å². The van der Waals surface area contributed by atoms with Gasteiger partial charge in [0.05, 0.1) is 0 Å². The van der Waals surface area contributed by atoms with Gasteiger partial charge in [0, 0.05) is 29.6 Å². The van der Waals surface area contributed by atoms with Crippen molar-refractivity contribution in [2.45, 2.75) is 40.3 Å². The molecule has 0 saturated carbocycles. The van der Waals surface area contributed by atoms with Crippen LogP contribution in [0.3, 0.4) is 0 Å². The summed E-state index contributed by atoms with van der Waals surface area (Å²) >= 11 is 0. The van der Waals surface area contributed by atoms with Crippen molar-refractivity contribution in [3.63, 3.8) is 0 Å². The fourth-order valence-corrected chi connectivity index (χ4v) is 1.43. The summed E-state index contributed by atoms with van der Waals surface area (Å²) in [4.78, 5) is 22.3. The maximum absolute atomic E-state index is 11.4. The van der Waals surface area contributed by atoms with Crippen molar-refractivity contribution in [3.8, 4) is 0 Å². The quantitative estimate of drug-likeness (QED) is 0.295. The molecule has 20 heavy (non-hydrogen) atoms. The van der Waals surface area contributed by atoms with Crippen LogP contribution >= 0.6 is 8.25 Å². The van der Waals surface area contributed by atoms with E-state index in [4.69, 9.17) is 18.5 Å². The summed E-state index contributed by atoms with van der Waals surface area (Å²) < 4.78 is 30.5. The van der Waals surface area contributed by atoms with Gasteiger partial charge in [-0.25, -0.2) is 9.59 Å². The van der Waals surface area contributed by atoms with Gasteiger partial charge in [0.1, 0.15) is 0 Å². The Morgan fingerprint density at radius 3 is 1.45 bits per heavy atom. The van der Waals surface area contributed by atoms with Crippen molar-refractivity contribution in [2.24, 2.45) is 0 Å². The van der Waals surface area contributed by atoms with Crippen LogP contribution in [0.5, 0.6) is 0 Å². The highest BCUT2D eigenvalue weighted by Crippen LogP contribution is 2.29. The van der Waals surface area contributed by atoms with Gasteiger partial charge >= 0.3 is 20.2 Å². The number of hydrogen-bond acceptors (Lipinski definition) is 7. The average molecular weight is 305 g/mol. The Hall–Kier alpha value is -1.56. The van der Waals surface area contributed by atoms with Gasteiger partial charge < -0.3 is 9.47 Å². The summed E-state index contributed by atoms with van der Waals surface area (Å²) in [6.45, 7) is 12.4. The lowest BCUT2D eigenvalue weighted by Gasteiger charge is -2.08. The van der Waals surface area contributed by atoms with E-state index in [1.165, 1.54) is 27.7 Å². The molecule has 0 bridgehead atoms. The first-order valence-corrected chi connectivity index (χ1v) is 6.76. The number of esters is 2. The Morgan fingerprint density at radius 2 is 1.20 bits per heavy atom. The SMILES string of the molecule is C=C(C)C(=O)OC(C)O[P+](=O)OC(C)OC(=O)C(=C)C. The van der Waals surface area contributed by atoms with Gasteiger partial charge in [-0.3, -0.25) is 0 Å². The maximum atomic E-state index is 11.4. The number of carbonyl (C=O) groups excluding carboxylic acids is 2. The second-order valence-corrected chi connectivity index (χ2v) is 4.81. The zero-order chi connectivity index (χ0) is 15.9. The highest BCUT2D eigenvalue weighted by molar-refractivity contribution is 7.33.